The van der Waals surface area contributed by atoms with Gasteiger partial charge in [-0.15, -0.1) is 11.3 Å². The Balaban J connectivity index is 1.70. The summed E-state index contributed by atoms with van der Waals surface area (Å²) in [7, 11) is 1.64. The van der Waals surface area contributed by atoms with Gasteiger partial charge in [-0.3, -0.25) is 18.8 Å². The van der Waals surface area contributed by atoms with Crippen LogP contribution < -0.4 is 10.9 Å². The van der Waals surface area contributed by atoms with Crippen molar-refractivity contribution in [2.24, 2.45) is 13.0 Å². The van der Waals surface area contributed by atoms with Crippen LogP contribution in [0.2, 0.25) is 0 Å². The lowest BCUT2D eigenvalue weighted by Crippen LogP contribution is -2.32. The van der Waals surface area contributed by atoms with Gasteiger partial charge in [-0.2, -0.15) is 10.4 Å². The van der Waals surface area contributed by atoms with Gasteiger partial charge in [-0.25, -0.2) is 4.98 Å². The minimum absolute atomic E-state index is 0.190. The first kappa shape index (κ1) is 18.4. The van der Waals surface area contributed by atoms with E-state index in [9.17, 15) is 9.59 Å². The summed E-state index contributed by atoms with van der Waals surface area (Å²) in [5.41, 5.74) is 1.17. The molecule has 0 spiro atoms. The first-order valence-corrected chi connectivity index (χ1v) is 9.96. The van der Waals surface area contributed by atoms with E-state index in [1.807, 2.05) is 6.07 Å². The predicted octanol–water partition coefficient (Wildman–Crippen LogP) is 2.39. The zero-order chi connectivity index (χ0) is 20.0. The number of carbonyl (C=O) groups excluding carboxylic acids is 1. The summed E-state index contributed by atoms with van der Waals surface area (Å²) in [6.45, 7) is 3.87. The largest absolute Gasteiger partial charge is 0.308 e. The molecule has 1 aliphatic carbocycles. The van der Waals surface area contributed by atoms with Crippen LogP contribution in [-0.2, 0) is 24.7 Å². The molecule has 3 heterocycles. The minimum atomic E-state index is -0.774. The fraction of sp³-hybridized carbons (Fsp3) is 0.421. The molecule has 0 fully saturated rings. The van der Waals surface area contributed by atoms with Crippen molar-refractivity contribution in [1.82, 2.24) is 19.3 Å². The third-order valence-corrected chi connectivity index (χ3v) is 6.50. The number of aryl methyl sites for hydroxylation is 2. The smallest absolute Gasteiger partial charge is 0.263 e. The van der Waals surface area contributed by atoms with Crippen LogP contribution in [0.5, 0.6) is 0 Å². The number of fused-ring (bicyclic) bond motifs is 3. The fourth-order valence-electron chi connectivity index (χ4n) is 3.63. The van der Waals surface area contributed by atoms with Crippen molar-refractivity contribution >= 4 is 33.3 Å². The zero-order valence-corrected chi connectivity index (χ0v) is 16.7. The number of rotatable bonds is 3. The first-order chi connectivity index (χ1) is 13.4. The molecule has 1 N–H and O–H groups in total. The number of hydrogen-bond donors (Lipinski definition) is 1. The Labute approximate surface area is 165 Å². The summed E-state index contributed by atoms with van der Waals surface area (Å²) in [6.07, 6.45) is 5.73. The lowest BCUT2D eigenvalue weighted by atomic mass is 9.89. The zero-order valence-electron chi connectivity index (χ0n) is 15.9. The normalized spacial score (nSPS) is 17.1. The van der Waals surface area contributed by atoms with Crippen molar-refractivity contribution in [3.05, 3.63) is 38.9 Å². The number of thiophene rings is 1. The summed E-state index contributed by atoms with van der Waals surface area (Å²) < 4.78 is 2.79. The van der Waals surface area contributed by atoms with Gasteiger partial charge in [0, 0.05) is 11.9 Å². The number of nitrogens with one attached hydrogen (secondary N) is 1. The molecule has 0 saturated carbocycles. The van der Waals surface area contributed by atoms with Gasteiger partial charge < -0.3 is 5.32 Å². The summed E-state index contributed by atoms with van der Waals surface area (Å²) >= 11 is 1.58. The van der Waals surface area contributed by atoms with E-state index < -0.39 is 11.9 Å². The number of amides is 1. The second kappa shape index (κ2) is 6.87. The average molecular weight is 396 g/mol. The van der Waals surface area contributed by atoms with E-state index in [4.69, 9.17) is 5.26 Å². The van der Waals surface area contributed by atoms with Gasteiger partial charge in [0.25, 0.3) is 5.56 Å². The number of nitriles is 1. The highest BCUT2D eigenvalue weighted by Gasteiger charge is 2.26. The van der Waals surface area contributed by atoms with Gasteiger partial charge in [0.15, 0.2) is 0 Å². The lowest BCUT2D eigenvalue weighted by Gasteiger charge is -2.18. The maximum Gasteiger partial charge on any atom is 0.263 e. The van der Waals surface area contributed by atoms with E-state index in [2.05, 4.69) is 22.3 Å². The molecular weight excluding hydrogens is 376 g/mol. The van der Waals surface area contributed by atoms with E-state index in [0.29, 0.717) is 17.1 Å². The molecule has 0 bridgehead atoms. The van der Waals surface area contributed by atoms with Crippen molar-refractivity contribution in [3.63, 3.8) is 0 Å². The Morgan fingerprint density at radius 1 is 1.50 bits per heavy atom. The van der Waals surface area contributed by atoms with Crippen molar-refractivity contribution in [1.29, 1.82) is 5.26 Å². The second-order valence-corrected chi connectivity index (χ2v) is 8.38. The van der Waals surface area contributed by atoms with Gasteiger partial charge >= 0.3 is 0 Å². The Hall–Kier alpha value is -2.99. The van der Waals surface area contributed by atoms with Crippen molar-refractivity contribution in [2.45, 2.75) is 39.2 Å². The Morgan fingerprint density at radius 3 is 3.04 bits per heavy atom. The number of nitrogens with zero attached hydrogens (tertiary/aromatic N) is 5. The molecule has 2 atom stereocenters. The highest BCUT2D eigenvalue weighted by Crippen LogP contribution is 2.35. The summed E-state index contributed by atoms with van der Waals surface area (Å²) in [5.74, 6) is 0.519. The van der Waals surface area contributed by atoms with E-state index in [1.54, 1.807) is 25.3 Å². The molecule has 0 radical (unpaired) electrons. The van der Waals surface area contributed by atoms with E-state index in [1.165, 1.54) is 26.7 Å². The van der Waals surface area contributed by atoms with Crippen LogP contribution >= 0.6 is 11.3 Å². The second-order valence-electron chi connectivity index (χ2n) is 7.30. The van der Waals surface area contributed by atoms with Crippen LogP contribution in [-0.4, -0.2) is 25.2 Å². The number of hydrogen-bond acceptors (Lipinski definition) is 6. The topological polar surface area (TPSA) is 106 Å². The van der Waals surface area contributed by atoms with Gasteiger partial charge in [0.1, 0.15) is 28.3 Å². The molecule has 4 rings (SSSR count). The molecule has 0 aliphatic heterocycles. The van der Waals surface area contributed by atoms with Crippen LogP contribution in [0.4, 0.5) is 5.82 Å². The molecule has 0 aromatic carbocycles. The predicted molar refractivity (Wildman–Crippen MR) is 106 cm³/mol. The number of aromatic nitrogens is 4. The summed E-state index contributed by atoms with van der Waals surface area (Å²) in [4.78, 5) is 32.3. The van der Waals surface area contributed by atoms with Crippen LogP contribution in [0.15, 0.2) is 17.3 Å². The minimum Gasteiger partial charge on any atom is -0.308 e. The first-order valence-electron chi connectivity index (χ1n) is 9.15. The molecular formula is C19H20N6O2S. The van der Waals surface area contributed by atoms with Crippen LogP contribution in [0.3, 0.4) is 0 Å². The number of carbonyl (C=O) groups is 1. The van der Waals surface area contributed by atoms with Crippen LogP contribution in [0, 0.1) is 17.2 Å². The summed E-state index contributed by atoms with van der Waals surface area (Å²) in [6, 6.07) is 1.22. The molecule has 3 aromatic heterocycles. The molecule has 1 amide bonds. The lowest BCUT2D eigenvalue weighted by molar-refractivity contribution is -0.118. The van der Waals surface area contributed by atoms with Gasteiger partial charge in [-0.05, 0) is 37.7 Å². The molecule has 0 saturated heterocycles. The quantitative estimate of drug-likeness (QED) is 0.732. The molecule has 9 heteroatoms. The van der Waals surface area contributed by atoms with Crippen molar-refractivity contribution < 1.29 is 4.79 Å². The third kappa shape index (κ3) is 2.90. The third-order valence-electron chi connectivity index (χ3n) is 5.34. The maximum atomic E-state index is 13.2. The standard InChI is InChI=1S/C19H20N6O2S/c1-10-4-5-13-14(6-10)28-18-15(13)19(27)25(9-21-18)11(2)17(26)23-16-12(7-20)8-22-24(16)3/h8-11H,4-6H2,1-3H3,(H,23,26). The highest BCUT2D eigenvalue weighted by atomic mass is 32.1. The van der Waals surface area contributed by atoms with Gasteiger partial charge in [-0.1, -0.05) is 6.92 Å². The van der Waals surface area contributed by atoms with Gasteiger partial charge in [0.05, 0.1) is 17.9 Å². The summed E-state index contributed by atoms with van der Waals surface area (Å²) in [5, 5.41) is 16.5. The molecule has 28 heavy (non-hydrogen) atoms. The van der Waals surface area contributed by atoms with Crippen LogP contribution in [0.25, 0.3) is 10.2 Å². The van der Waals surface area contributed by atoms with E-state index in [0.717, 1.165) is 29.7 Å². The molecule has 2 unspecified atom stereocenters. The Kier molecular flexibility index (Phi) is 4.51. The van der Waals surface area contributed by atoms with Gasteiger partial charge in [0.2, 0.25) is 5.91 Å². The fourth-order valence-corrected chi connectivity index (χ4v) is 4.98. The number of anilines is 1. The highest BCUT2D eigenvalue weighted by molar-refractivity contribution is 7.18. The molecule has 144 valence electrons. The van der Waals surface area contributed by atoms with Crippen molar-refractivity contribution in [3.8, 4) is 6.07 Å². The Morgan fingerprint density at radius 2 is 2.29 bits per heavy atom. The monoisotopic (exact) mass is 396 g/mol. The molecule has 3 aromatic rings. The molecule has 1 aliphatic rings. The SMILES string of the molecule is CC1CCc2c(sc3ncn(C(C)C(=O)Nc4c(C#N)cnn4C)c(=O)c23)C1. The van der Waals surface area contributed by atoms with Crippen LogP contribution in [0.1, 0.15) is 42.3 Å². The molecule has 8 nitrogen and oxygen atoms in total. The van der Waals surface area contributed by atoms with Crippen molar-refractivity contribution in [2.75, 3.05) is 5.32 Å². The maximum absolute atomic E-state index is 13.2. The van der Waals surface area contributed by atoms with E-state index >= 15 is 0 Å². The average Bonchev–Trinajstić information content (AvgIpc) is 3.21. The Bertz CT molecular complexity index is 1180. The van der Waals surface area contributed by atoms with E-state index in [-0.39, 0.29) is 11.1 Å².